The van der Waals surface area contributed by atoms with Crippen LogP contribution in [0.5, 0.6) is 0 Å². The molecule has 0 atom stereocenters. The number of nitrogens with zero attached hydrogens (tertiary/aromatic N) is 1. The van der Waals surface area contributed by atoms with E-state index in [1.165, 1.54) is 5.56 Å². The number of aliphatic hydroxyl groups excluding tert-OH is 1. The molecule has 1 heterocycles. The van der Waals surface area contributed by atoms with Crippen molar-refractivity contribution < 1.29 is 9.84 Å². The highest BCUT2D eigenvalue weighted by Crippen LogP contribution is 2.01. The van der Waals surface area contributed by atoms with Crippen LogP contribution in [0.4, 0.5) is 0 Å². The fraction of sp³-hybridized carbons (Fsp3) is 0.692. The van der Waals surface area contributed by atoms with Crippen molar-refractivity contribution in [1.29, 1.82) is 0 Å². The Morgan fingerprint density at radius 1 is 1.41 bits per heavy atom. The van der Waals surface area contributed by atoms with E-state index in [2.05, 4.69) is 42.2 Å². The largest absolute Gasteiger partial charge is 0.394 e. The number of rotatable bonds is 9. The summed E-state index contributed by atoms with van der Waals surface area (Å²) in [5.41, 5.74) is 1.30. The summed E-state index contributed by atoms with van der Waals surface area (Å²) >= 11 is 0. The molecule has 0 saturated carbocycles. The molecule has 0 aliphatic heterocycles. The number of hydrogen-bond donors (Lipinski definition) is 2. The SMILES string of the molecule is CC(C)CNCc1ccn(CCOCCO)c1. The smallest absolute Gasteiger partial charge is 0.0698 e. The van der Waals surface area contributed by atoms with Crippen molar-refractivity contribution in [2.45, 2.75) is 26.9 Å². The van der Waals surface area contributed by atoms with Gasteiger partial charge in [-0.05, 0) is 24.1 Å². The van der Waals surface area contributed by atoms with Crippen molar-refractivity contribution >= 4 is 0 Å². The van der Waals surface area contributed by atoms with Crippen LogP contribution in [0.15, 0.2) is 18.5 Å². The van der Waals surface area contributed by atoms with E-state index >= 15 is 0 Å². The monoisotopic (exact) mass is 240 g/mol. The third-order valence-electron chi connectivity index (χ3n) is 2.42. The van der Waals surface area contributed by atoms with Gasteiger partial charge in [0.15, 0.2) is 0 Å². The first-order chi connectivity index (χ1) is 8.22. The molecule has 17 heavy (non-hydrogen) atoms. The third-order valence-corrected chi connectivity index (χ3v) is 2.42. The van der Waals surface area contributed by atoms with Crippen molar-refractivity contribution in [2.75, 3.05) is 26.4 Å². The lowest BCUT2D eigenvalue weighted by atomic mass is 10.2. The van der Waals surface area contributed by atoms with Crippen LogP contribution in [-0.2, 0) is 17.8 Å². The van der Waals surface area contributed by atoms with E-state index in [1.54, 1.807) is 0 Å². The second-order valence-electron chi connectivity index (χ2n) is 4.62. The van der Waals surface area contributed by atoms with Crippen LogP contribution in [0.1, 0.15) is 19.4 Å². The second-order valence-corrected chi connectivity index (χ2v) is 4.62. The summed E-state index contributed by atoms with van der Waals surface area (Å²) < 4.78 is 7.34. The molecule has 98 valence electrons. The molecule has 0 radical (unpaired) electrons. The Labute approximate surface area is 104 Å². The first-order valence-corrected chi connectivity index (χ1v) is 6.26. The van der Waals surface area contributed by atoms with Gasteiger partial charge in [0.05, 0.1) is 19.8 Å². The van der Waals surface area contributed by atoms with Gasteiger partial charge in [-0.2, -0.15) is 0 Å². The van der Waals surface area contributed by atoms with Crippen LogP contribution in [0.25, 0.3) is 0 Å². The van der Waals surface area contributed by atoms with Crippen LogP contribution < -0.4 is 5.32 Å². The van der Waals surface area contributed by atoms with Gasteiger partial charge in [0.25, 0.3) is 0 Å². The van der Waals surface area contributed by atoms with Gasteiger partial charge in [-0.15, -0.1) is 0 Å². The highest BCUT2D eigenvalue weighted by atomic mass is 16.5. The van der Waals surface area contributed by atoms with Crippen molar-refractivity contribution in [1.82, 2.24) is 9.88 Å². The molecule has 0 spiro atoms. The molecule has 4 heteroatoms. The highest BCUT2D eigenvalue weighted by molar-refractivity contribution is 5.09. The predicted molar refractivity (Wildman–Crippen MR) is 68.9 cm³/mol. The minimum atomic E-state index is 0.0933. The second kappa shape index (κ2) is 8.28. The van der Waals surface area contributed by atoms with Crippen molar-refractivity contribution in [3.05, 3.63) is 24.0 Å². The van der Waals surface area contributed by atoms with Gasteiger partial charge in [-0.1, -0.05) is 13.8 Å². The maximum Gasteiger partial charge on any atom is 0.0698 e. The molecule has 0 amide bonds. The minimum Gasteiger partial charge on any atom is -0.394 e. The minimum absolute atomic E-state index is 0.0933. The zero-order valence-electron chi connectivity index (χ0n) is 10.9. The Bertz CT molecular complexity index is 297. The number of aliphatic hydroxyl groups is 1. The average molecular weight is 240 g/mol. The van der Waals surface area contributed by atoms with Crippen LogP contribution in [0.2, 0.25) is 0 Å². The molecule has 0 bridgehead atoms. The molecule has 0 aliphatic rings. The lowest BCUT2D eigenvalue weighted by molar-refractivity contribution is 0.0870. The molecule has 1 aromatic rings. The van der Waals surface area contributed by atoms with Gasteiger partial charge in [-0.25, -0.2) is 0 Å². The van der Waals surface area contributed by atoms with E-state index in [0.717, 1.165) is 19.6 Å². The van der Waals surface area contributed by atoms with E-state index in [0.29, 0.717) is 19.1 Å². The molecule has 0 saturated heterocycles. The third kappa shape index (κ3) is 6.46. The van der Waals surface area contributed by atoms with Gasteiger partial charge >= 0.3 is 0 Å². The van der Waals surface area contributed by atoms with Crippen molar-refractivity contribution in [3.63, 3.8) is 0 Å². The zero-order chi connectivity index (χ0) is 12.5. The molecule has 0 aromatic carbocycles. The first-order valence-electron chi connectivity index (χ1n) is 6.26. The quantitative estimate of drug-likeness (QED) is 0.638. The van der Waals surface area contributed by atoms with Crippen LogP contribution in [0.3, 0.4) is 0 Å². The Morgan fingerprint density at radius 2 is 2.24 bits per heavy atom. The average Bonchev–Trinajstić information content (AvgIpc) is 2.72. The molecule has 4 nitrogen and oxygen atoms in total. The maximum absolute atomic E-state index is 8.57. The van der Waals surface area contributed by atoms with E-state index in [4.69, 9.17) is 9.84 Å². The fourth-order valence-corrected chi connectivity index (χ4v) is 1.58. The van der Waals surface area contributed by atoms with Gasteiger partial charge < -0.3 is 19.7 Å². The summed E-state index contributed by atoms with van der Waals surface area (Å²) in [7, 11) is 0. The molecular weight excluding hydrogens is 216 g/mol. The molecular formula is C13H24N2O2. The Kier molecular flexibility index (Phi) is 6.93. The summed E-state index contributed by atoms with van der Waals surface area (Å²) in [6.07, 6.45) is 4.20. The summed E-state index contributed by atoms with van der Waals surface area (Å²) in [6.45, 7) is 8.37. The topological polar surface area (TPSA) is 46.4 Å². The summed E-state index contributed by atoms with van der Waals surface area (Å²) in [5, 5.41) is 12.0. The normalized spacial score (nSPS) is 11.3. The first kappa shape index (κ1) is 14.2. The van der Waals surface area contributed by atoms with Gasteiger partial charge in [0, 0.05) is 25.5 Å². The standard InChI is InChI=1S/C13H24N2O2/c1-12(2)9-14-10-13-3-4-15(11-13)5-7-17-8-6-16/h3-4,11-12,14,16H,5-10H2,1-2H3. The molecule has 0 aliphatic carbocycles. The Morgan fingerprint density at radius 3 is 2.94 bits per heavy atom. The molecule has 0 unspecified atom stereocenters. The van der Waals surface area contributed by atoms with E-state index in [1.807, 2.05) is 0 Å². The predicted octanol–water partition coefficient (Wildman–Crippen LogP) is 1.24. The summed E-state index contributed by atoms with van der Waals surface area (Å²) in [4.78, 5) is 0. The van der Waals surface area contributed by atoms with Crippen LogP contribution >= 0.6 is 0 Å². The molecule has 1 rings (SSSR count). The highest BCUT2D eigenvalue weighted by Gasteiger charge is 1.98. The number of hydrogen-bond acceptors (Lipinski definition) is 3. The Hall–Kier alpha value is -0.840. The summed E-state index contributed by atoms with van der Waals surface area (Å²) in [6, 6.07) is 2.12. The number of nitrogens with one attached hydrogen (secondary N) is 1. The number of aromatic nitrogens is 1. The zero-order valence-corrected chi connectivity index (χ0v) is 10.9. The molecule has 1 aromatic heterocycles. The number of ether oxygens (including phenoxy) is 1. The van der Waals surface area contributed by atoms with Gasteiger partial charge in [0.1, 0.15) is 0 Å². The Balaban J connectivity index is 2.18. The van der Waals surface area contributed by atoms with Gasteiger partial charge in [0.2, 0.25) is 0 Å². The van der Waals surface area contributed by atoms with E-state index in [9.17, 15) is 0 Å². The lowest BCUT2D eigenvalue weighted by Gasteiger charge is -2.06. The van der Waals surface area contributed by atoms with E-state index < -0.39 is 0 Å². The molecule has 0 fully saturated rings. The van der Waals surface area contributed by atoms with Crippen LogP contribution in [-0.4, -0.2) is 36.0 Å². The van der Waals surface area contributed by atoms with E-state index in [-0.39, 0.29) is 6.61 Å². The lowest BCUT2D eigenvalue weighted by Crippen LogP contribution is -2.18. The van der Waals surface area contributed by atoms with Crippen molar-refractivity contribution in [2.24, 2.45) is 5.92 Å². The summed E-state index contributed by atoms with van der Waals surface area (Å²) in [5.74, 6) is 0.684. The molecule has 2 N–H and O–H groups in total. The maximum atomic E-state index is 8.57. The van der Waals surface area contributed by atoms with Crippen molar-refractivity contribution in [3.8, 4) is 0 Å². The fourth-order valence-electron chi connectivity index (χ4n) is 1.58. The van der Waals surface area contributed by atoms with Crippen LogP contribution in [0, 0.1) is 5.92 Å². The van der Waals surface area contributed by atoms with Gasteiger partial charge in [-0.3, -0.25) is 0 Å².